The van der Waals surface area contributed by atoms with Gasteiger partial charge in [0.15, 0.2) is 0 Å². The Morgan fingerprint density at radius 3 is 2.68 bits per heavy atom. The fraction of sp³-hybridized carbons (Fsp3) is 0.812. The number of amides is 3. The minimum absolute atomic E-state index is 0. The Morgan fingerprint density at radius 1 is 1.24 bits per heavy atom. The number of likely N-dealkylation sites (tertiary alicyclic amines) is 1. The van der Waals surface area contributed by atoms with Crippen molar-refractivity contribution in [2.24, 2.45) is 5.73 Å². The Kier molecular flexibility index (Phi) is 9.60. The van der Waals surface area contributed by atoms with Gasteiger partial charge >= 0.3 is 0 Å². The number of thioether (sulfide) groups is 1. The quantitative estimate of drug-likeness (QED) is 0.688. The first-order chi connectivity index (χ1) is 11.6. The van der Waals surface area contributed by atoms with Crippen molar-refractivity contribution in [3.63, 3.8) is 0 Å². The number of carbonyl (C=O) groups is 3. The van der Waals surface area contributed by atoms with E-state index < -0.39 is 0 Å². The van der Waals surface area contributed by atoms with Crippen molar-refractivity contribution in [1.29, 1.82) is 0 Å². The van der Waals surface area contributed by atoms with Gasteiger partial charge in [0.25, 0.3) is 0 Å². The minimum atomic E-state index is -0.359. The lowest BCUT2D eigenvalue weighted by Crippen LogP contribution is -2.56. The Bertz CT molecular complexity index is 480. The van der Waals surface area contributed by atoms with Crippen LogP contribution in [0.15, 0.2) is 0 Å². The Morgan fingerprint density at radius 2 is 2.00 bits per heavy atom. The molecule has 0 bridgehead atoms. The highest BCUT2D eigenvalue weighted by atomic mass is 35.5. The molecule has 0 aliphatic carbocycles. The summed E-state index contributed by atoms with van der Waals surface area (Å²) in [6.45, 7) is 3.31. The summed E-state index contributed by atoms with van der Waals surface area (Å²) in [6.07, 6.45) is 3.64. The molecule has 0 radical (unpaired) electrons. The van der Waals surface area contributed by atoms with E-state index in [1.807, 2.05) is 11.8 Å². The third-order valence-corrected chi connectivity index (χ3v) is 5.62. The number of nitrogens with two attached hydrogens (primary N) is 1. The zero-order valence-corrected chi connectivity index (χ0v) is 16.4. The second-order valence-electron chi connectivity index (χ2n) is 6.26. The number of hydrogen-bond donors (Lipinski definition) is 2. The lowest BCUT2D eigenvalue weighted by atomic mass is 10.0. The van der Waals surface area contributed by atoms with Crippen molar-refractivity contribution < 1.29 is 14.4 Å². The third-order valence-electron chi connectivity index (χ3n) is 4.61. The van der Waals surface area contributed by atoms with Gasteiger partial charge in [-0.1, -0.05) is 6.92 Å². The van der Waals surface area contributed by atoms with Crippen LogP contribution in [0.1, 0.15) is 39.0 Å². The standard InChI is InChI=1S/C16H28N4O3S.ClH/c1-2-15(22)20-11-24-10-13(20)16(23)19-8-4-3-5-12(19)9-18-14(21)6-7-17;/h12-13H,2-11,17H2,1H3,(H,18,21);1H. The number of nitrogens with one attached hydrogen (secondary N) is 1. The maximum atomic E-state index is 13.0. The van der Waals surface area contributed by atoms with E-state index in [1.165, 1.54) is 0 Å². The molecular formula is C16H29ClN4O3S. The predicted molar refractivity (Wildman–Crippen MR) is 102 cm³/mol. The molecule has 0 spiro atoms. The molecule has 2 saturated heterocycles. The fourth-order valence-corrected chi connectivity index (χ4v) is 4.41. The first kappa shape index (κ1) is 22.1. The van der Waals surface area contributed by atoms with E-state index in [0.29, 0.717) is 44.1 Å². The van der Waals surface area contributed by atoms with E-state index >= 15 is 0 Å². The summed E-state index contributed by atoms with van der Waals surface area (Å²) in [6, 6.07) is -0.347. The summed E-state index contributed by atoms with van der Waals surface area (Å²) in [5.74, 6) is 1.24. The molecule has 144 valence electrons. The molecule has 2 aliphatic heterocycles. The molecule has 3 N–H and O–H groups in total. The molecule has 0 aromatic heterocycles. The monoisotopic (exact) mass is 392 g/mol. The molecule has 9 heteroatoms. The van der Waals surface area contributed by atoms with Crippen LogP contribution in [0.4, 0.5) is 0 Å². The Labute approximate surface area is 159 Å². The fourth-order valence-electron chi connectivity index (χ4n) is 3.24. The smallest absolute Gasteiger partial charge is 0.246 e. The Hall–Kier alpha value is -0.990. The zero-order valence-electron chi connectivity index (χ0n) is 14.7. The number of piperidine rings is 1. The summed E-state index contributed by atoms with van der Waals surface area (Å²) in [7, 11) is 0. The molecule has 25 heavy (non-hydrogen) atoms. The van der Waals surface area contributed by atoms with E-state index in [2.05, 4.69) is 5.32 Å². The summed E-state index contributed by atoms with van der Waals surface area (Å²) in [5, 5.41) is 2.88. The van der Waals surface area contributed by atoms with Crippen molar-refractivity contribution >= 4 is 41.9 Å². The van der Waals surface area contributed by atoms with Gasteiger partial charge in [0.2, 0.25) is 17.7 Å². The number of rotatable bonds is 6. The van der Waals surface area contributed by atoms with E-state index in [0.717, 1.165) is 19.3 Å². The van der Waals surface area contributed by atoms with Crippen LogP contribution < -0.4 is 11.1 Å². The number of nitrogens with zero attached hydrogens (tertiary/aromatic N) is 2. The van der Waals surface area contributed by atoms with Crippen LogP contribution in [0.3, 0.4) is 0 Å². The van der Waals surface area contributed by atoms with Crippen molar-refractivity contribution in [2.75, 3.05) is 31.3 Å². The molecule has 2 rings (SSSR count). The summed E-state index contributed by atoms with van der Waals surface area (Å²) < 4.78 is 0. The maximum absolute atomic E-state index is 13.0. The van der Waals surface area contributed by atoms with Crippen molar-refractivity contribution in [3.8, 4) is 0 Å². The zero-order chi connectivity index (χ0) is 17.5. The van der Waals surface area contributed by atoms with Gasteiger partial charge in [0, 0.05) is 44.3 Å². The van der Waals surface area contributed by atoms with Crippen molar-refractivity contribution in [1.82, 2.24) is 15.1 Å². The lowest BCUT2D eigenvalue weighted by Gasteiger charge is -2.38. The highest BCUT2D eigenvalue weighted by Gasteiger charge is 2.39. The van der Waals surface area contributed by atoms with Gasteiger partial charge in [-0.25, -0.2) is 0 Å². The third kappa shape index (κ3) is 5.76. The van der Waals surface area contributed by atoms with Gasteiger partial charge in [-0.15, -0.1) is 24.2 Å². The topological polar surface area (TPSA) is 95.7 Å². The molecule has 0 aromatic rings. The first-order valence-corrected chi connectivity index (χ1v) is 9.88. The summed E-state index contributed by atoms with van der Waals surface area (Å²) in [5.41, 5.74) is 5.39. The van der Waals surface area contributed by atoms with Crippen LogP contribution in [0.5, 0.6) is 0 Å². The van der Waals surface area contributed by atoms with Crippen LogP contribution in [0, 0.1) is 0 Å². The summed E-state index contributed by atoms with van der Waals surface area (Å²) in [4.78, 5) is 40.3. The molecule has 0 saturated carbocycles. The van der Waals surface area contributed by atoms with Gasteiger partial charge in [0.1, 0.15) is 6.04 Å². The molecule has 2 unspecified atom stereocenters. The van der Waals surface area contributed by atoms with Gasteiger partial charge in [0.05, 0.1) is 5.88 Å². The van der Waals surface area contributed by atoms with E-state index in [-0.39, 0.29) is 42.2 Å². The van der Waals surface area contributed by atoms with Crippen LogP contribution >= 0.6 is 24.2 Å². The first-order valence-electron chi connectivity index (χ1n) is 8.73. The molecule has 2 aliphatic rings. The van der Waals surface area contributed by atoms with Gasteiger partial charge in [-0.3, -0.25) is 14.4 Å². The maximum Gasteiger partial charge on any atom is 0.246 e. The van der Waals surface area contributed by atoms with Crippen molar-refractivity contribution in [3.05, 3.63) is 0 Å². The van der Waals surface area contributed by atoms with Crippen LogP contribution in [0.25, 0.3) is 0 Å². The summed E-state index contributed by atoms with van der Waals surface area (Å²) >= 11 is 1.63. The van der Waals surface area contributed by atoms with Crippen LogP contribution in [-0.4, -0.2) is 70.9 Å². The van der Waals surface area contributed by atoms with E-state index in [4.69, 9.17) is 5.73 Å². The average Bonchev–Trinajstić information content (AvgIpc) is 3.09. The molecule has 3 amide bonds. The molecule has 2 atom stereocenters. The second-order valence-corrected chi connectivity index (χ2v) is 7.26. The normalized spacial score (nSPS) is 23.1. The van der Waals surface area contributed by atoms with Gasteiger partial charge < -0.3 is 20.9 Å². The Balaban J connectivity index is 0.00000312. The van der Waals surface area contributed by atoms with Gasteiger partial charge in [-0.2, -0.15) is 0 Å². The highest BCUT2D eigenvalue weighted by Crippen LogP contribution is 2.26. The predicted octanol–water partition coefficient (Wildman–Crippen LogP) is 0.566. The van der Waals surface area contributed by atoms with Crippen LogP contribution in [-0.2, 0) is 14.4 Å². The number of carbonyl (C=O) groups excluding carboxylic acids is 3. The molecule has 2 heterocycles. The van der Waals surface area contributed by atoms with Crippen molar-refractivity contribution in [2.45, 2.75) is 51.1 Å². The van der Waals surface area contributed by atoms with E-state index in [9.17, 15) is 14.4 Å². The van der Waals surface area contributed by atoms with Gasteiger partial charge in [-0.05, 0) is 19.3 Å². The average molecular weight is 393 g/mol. The molecule has 0 aromatic carbocycles. The largest absolute Gasteiger partial charge is 0.354 e. The highest BCUT2D eigenvalue weighted by molar-refractivity contribution is 7.99. The molecular weight excluding hydrogens is 364 g/mol. The number of halogens is 1. The number of hydrogen-bond acceptors (Lipinski definition) is 5. The molecule has 7 nitrogen and oxygen atoms in total. The van der Waals surface area contributed by atoms with Crippen LogP contribution in [0.2, 0.25) is 0 Å². The SMILES string of the molecule is CCC(=O)N1CSCC1C(=O)N1CCCCC1CNC(=O)CCN.Cl. The van der Waals surface area contributed by atoms with E-state index in [1.54, 1.807) is 16.7 Å². The molecule has 2 fully saturated rings. The minimum Gasteiger partial charge on any atom is -0.354 e. The lowest BCUT2D eigenvalue weighted by molar-refractivity contribution is -0.145. The second kappa shape index (κ2) is 10.9.